The number of hydroxylamine groups is 2. The lowest BCUT2D eigenvalue weighted by molar-refractivity contribution is -0.204. The Morgan fingerprint density at radius 2 is 1.69 bits per heavy atom. The molecule has 0 radical (unpaired) electrons. The van der Waals surface area contributed by atoms with Crippen molar-refractivity contribution >= 4 is 11.8 Å². The van der Waals surface area contributed by atoms with Crippen molar-refractivity contribution < 1.29 is 14.4 Å². The van der Waals surface area contributed by atoms with Crippen LogP contribution in [-0.2, 0) is 16.1 Å². The van der Waals surface area contributed by atoms with E-state index in [0.29, 0.717) is 30.6 Å². The van der Waals surface area contributed by atoms with Crippen molar-refractivity contribution in [2.75, 3.05) is 20.2 Å². The maximum Gasteiger partial charge on any atom is 0.253 e. The highest BCUT2D eigenvalue weighted by molar-refractivity contribution is 5.94. The van der Waals surface area contributed by atoms with E-state index in [0.717, 1.165) is 50.5 Å². The Bertz CT molecular complexity index is 765. The second-order valence-electron chi connectivity index (χ2n) is 11.5. The summed E-state index contributed by atoms with van der Waals surface area (Å²) in [7, 11) is 1.80. The van der Waals surface area contributed by atoms with Gasteiger partial charge in [0.1, 0.15) is 0 Å². The van der Waals surface area contributed by atoms with Gasteiger partial charge in [-0.3, -0.25) is 14.4 Å². The molecule has 35 heavy (non-hydrogen) atoms. The summed E-state index contributed by atoms with van der Waals surface area (Å²) in [6.45, 7) is 9.77. The van der Waals surface area contributed by atoms with Crippen LogP contribution in [-0.4, -0.2) is 48.0 Å². The zero-order valence-corrected chi connectivity index (χ0v) is 23.1. The first-order valence-electron chi connectivity index (χ1n) is 14.0. The van der Waals surface area contributed by atoms with Crippen LogP contribution < -0.4 is 0 Å². The van der Waals surface area contributed by atoms with Crippen molar-refractivity contribution in [3.05, 3.63) is 35.4 Å². The van der Waals surface area contributed by atoms with Gasteiger partial charge in [0, 0.05) is 25.6 Å². The van der Waals surface area contributed by atoms with Crippen LogP contribution in [0.3, 0.4) is 0 Å². The van der Waals surface area contributed by atoms with Gasteiger partial charge in [-0.25, -0.2) is 5.06 Å². The van der Waals surface area contributed by atoms with Crippen LogP contribution in [0.5, 0.6) is 0 Å². The average Bonchev–Trinajstić information content (AvgIpc) is 2.85. The molecule has 0 N–H and O–H groups in total. The minimum Gasteiger partial charge on any atom is -0.339 e. The third-order valence-electron chi connectivity index (χ3n) is 7.06. The van der Waals surface area contributed by atoms with Crippen molar-refractivity contribution in [3.63, 3.8) is 0 Å². The normalized spacial score (nSPS) is 14.7. The highest BCUT2D eigenvalue weighted by Crippen LogP contribution is 2.25. The summed E-state index contributed by atoms with van der Waals surface area (Å²) in [6, 6.07) is 7.97. The van der Waals surface area contributed by atoms with Gasteiger partial charge in [-0.15, -0.1) is 0 Å². The molecule has 0 atom stereocenters. The molecule has 5 heteroatoms. The molecule has 0 aromatic heterocycles. The molecule has 1 aromatic carbocycles. The SMILES string of the molecule is CCc1cccc(C(=O)N(C)CCON(C(=O)CCCCCCCC(C)(C)C)C2CCCCC2)c1. The van der Waals surface area contributed by atoms with Gasteiger partial charge in [-0.05, 0) is 55.2 Å². The lowest BCUT2D eigenvalue weighted by Crippen LogP contribution is -2.43. The molecule has 1 saturated carbocycles. The summed E-state index contributed by atoms with van der Waals surface area (Å²) in [5.74, 6) is 0.0992. The number of rotatable bonds is 14. The van der Waals surface area contributed by atoms with Gasteiger partial charge >= 0.3 is 0 Å². The van der Waals surface area contributed by atoms with E-state index >= 15 is 0 Å². The summed E-state index contributed by atoms with van der Waals surface area (Å²) in [4.78, 5) is 33.7. The molecule has 5 nitrogen and oxygen atoms in total. The number of benzene rings is 1. The quantitative estimate of drug-likeness (QED) is 0.206. The van der Waals surface area contributed by atoms with Crippen molar-refractivity contribution in [1.82, 2.24) is 9.96 Å². The van der Waals surface area contributed by atoms with Gasteiger partial charge in [-0.2, -0.15) is 0 Å². The zero-order chi connectivity index (χ0) is 25.7. The van der Waals surface area contributed by atoms with E-state index in [-0.39, 0.29) is 17.9 Å². The van der Waals surface area contributed by atoms with Crippen molar-refractivity contribution in [2.24, 2.45) is 5.41 Å². The molecule has 0 saturated heterocycles. The van der Waals surface area contributed by atoms with Crippen LogP contribution >= 0.6 is 0 Å². The predicted octanol–water partition coefficient (Wildman–Crippen LogP) is 7.19. The van der Waals surface area contributed by atoms with Gasteiger partial charge in [0.15, 0.2) is 0 Å². The summed E-state index contributed by atoms with van der Waals surface area (Å²) in [5.41, 5.74) is 2.27. The van der Waals surface area contributed by atoms with Gasteiger partial charge in [-0.1, -0.05) is 84.8 Å². The van der Waals surface area contributed by atoms with Gasteiger partial charge in [0.2, 0.25) is 5.91 Å². The standard InChI is InChI=1S/C30H50N2O3/c1-6-25-16-15-17-26(24-25)29(34)31(5)22-23-35-32(27-18-11-10-12-19-27)28(33)20-13-8-7-9-14-21-30(2,3)4/h15-17,24,27H,6-14,18-23H2,1-5H3. The molecule has 0 heterocycles. The van der Waals surface area contributed by atoms with Crippen molar-refractivity contribution in [2.45, 2.75) is 117 Å². The van der Waals surface area contributed by atoms with Crippen LogP contribution in [0.25, 0.3) is 0 Å². The number of hydrogen-bond acceptors (Lipinski definition) is 3. The average molecular weight is 487 g/mol. The Hall–Kier alpha value is -1.88. The molecule has 1 aromatic rings. The molecule has 1 aliphatic rings. The molecule has 0 aliphatic heterocycles. The fourth-order valence-corrected chi connectivity index (χ4v) is 4.79. The first-order valence-corrected chi connectivity index (χ1v) is 14.0. The van der Waals surface area contributed by atoms with Crippen LogP contribution in [0.1, 0.15) is 121 Å². The molecule has 1 aliphatic carbocycles. The van der Waals surface area contributed by atoms with Crippen molar-refractivity contribution in [3.8, 4) is 0 Å². The Kier molecular flexibility index (Phi) is 12.8. The molecule has 1 fully saturated rings. The first-order chi connectivity index (χ1) is 16.7. The number of nitrogens with zero attached hydrogens (tertiary/aromatic N) is 2. The highest BCUT2D eigenvalue weighted by atomic mass is 16.7. The molecule has 2 amide bonds. The van der Waals surface area contributed by atoms with Crippen LogP contribution in [0.2, 0.25) is 0 Å². The van der Waals surface area contributed by atoms with Gasteiger partial charge in [0.25, 0.3) is 5.91 Å². The number of amides is 2. The molecule has 0 spiro atoms. The summed E-state index contributed by atoms with van der Waals surface area (Å²) in [5, 5.41) is 1.68. The zero-order valence-electron chi connectivity index (χ0n) is 23.1. The second kappa shape index (κ2) is 15.3. The third kappa shape index (κ3) is 11.2. The molecular formula is C30H50N2O3. The first kappa shape index (κ1) is 29.4. The number of aryl methyl sites for hydroxylation is 1. The molecule has 0 bridgehead atoms. The van der Waals surface area contributed by atoms with E-state index in [2.05, 4.69) is 27.7 Å². The molecule has 2 rings (SSSR count). The summed E-state index contributed by atoms with van der Waals surface area (Å²) >= 11 is 0. The largest absolute Gasteiger partial charge is 0.339 e. The van der Waals surface area contributed by atoms with Gasteiger partial charge in [0.05, 0.1) is 12.6 Å². The van der Waals surface area contributed by atoms with E-state index in [1.54, 1.807) is 17.0 Å². The highest BCUT2D eigenvalue weighted by Gasteiger charge is 2.26. The number of carbonyl (C=O) groups is 2. The third-order valence-corrected chi connectivity index (χ3v) is 7.06. The summed E-state index contributed by atoms with van der Waals surface area (Å²) < 4.78 is 0. The van der Waals surface area contributed by atoms with Crippen LogP contribution in [0.15, 0.2) is 24.3 Å². The monoisotopic (exact) mass is 486 g/mol. The Morgan fingerprint density at radius 3 is 2.37 bits per heavy atom. The smallest absolute Gasteiger partial charge is 0.253 e. The minimum absolute atomic E-state index is 0.00842. The molecular weight excluding hydrogens is 436 g/mol. The van der Waals surface area contributed by atoms with Crippen LogP contribution in [0.4, 0.5) is 0 Å². The van der Waals surface area contributed by atoms with E-state index in [1.807, 2.05) is 24.3 Å². The Morgan fingerprint density at radius 1 is 1.00 bits per heavy atom. The number of unbranched alkanes of at least 4 members (excludes halogenated alkanes) is 4. The maximum absolute atomic E-state index is 13.1. The lowest BCUT2D eigenvalue weighted by Gasteiger charge is -2.33. The number of likely N-dealkylation sites (N-methyl/N-ethyl adjacent to an activating group) is 1. The summed E-state index contributed by atoms with van der Waals surface area (Å²) in [6.07, 6.45) is 14.0. The lowest BCUT2D eigenvalue weighted by atomic mass is 9.89. The molecule has 0 unspecified atom stereocenters. The van der Waals surface area contributed by atoms with Crippen LogP contribution in [0, 0.1) is 5.41 Å². The topological polar surface area (TPSA) is 49.9 Å². The second-order valence-corrected chi connectivity index (χ2v) is 11.5. The predicted molar refractivity (Wildman–Crippen MR) is 144 cm³/mol. The van der Waals surface area contributed by atoms with E-state index < -0.39 is 0 Å². The molecule has 198 valence electrons. The minimum atomic E-state index is -0.00842. The number of carbonyl (C=O) groups excluding carboxylic acids is 2. The van der Waals surface area contributed by atoms with Crippen molar-refractivity contribution in [1.29, 1.82) is 0 Å². The maximum atomic E-state index is 13.1. The number of hydrogen-bond donors (Lipinski definition) is 0. The van der Waals surface area contributed by atoms with Gasteiger partial charge < -0.3 is 4.90 Å². The fraction of sp³-hybridized carbons (Fsp3) is 0.733. The van der Waals surface area contributed by atoms with E-state index in [4.69, 9.17) is 4.84 Å². The Labute approximate surface area is 214 Å². The van der Waals surface area contributed by atoms with E-state index in [9.17, 15) is 9.59 Å². The Balaban J connectivity index is 1.79. The fourth-order valence-electron chi connectivity index (χ4n) is 4.79. The van der Waals surface area contributed by atoms with E-state index in [1.165, 1.54) is 32.1 Å².